The van der Waals surface area contributed by atoms with Gasteiger partial charge in [0.1, 0.15) is 12.1 Å². The molecule has 3 heterocycles. The van der Waals surface area contributed by atoms with Crippen molar-refractivity contribution in [3.8, 4) is 11.5 Å². The number of carboxylic acid groups (broad SMARTS) is 1. The van der Waals surface area contributed by atoms with Crippen LogP contribution in [-0.4, -0.2) is 30.7 Å². The number of carbonyl (C=O) groups is 1. The van der Waals surface area contributed by atoms with Gasteiger partial charge >= 0.3 is 12.1 Å². The molecule has 0 fully saturated rings. The number of hydrogen-bond donors (Lipinski definition) is 1. The van der Waals surface area contributed by atoms with E-state index in [1.807, 2.05) is 0 Å². The molecule has 0 aliphatic carbocycles. The van der Waals surface area contributed by atoms with Crippen molar-refractivity contribution in [2.24, 2.45) is 0 Å². The molecule has 0 atom stereocenters. The lowest BCUT2D eigenvalue weighted by atomic mass is 10.2. The van der Waals surface area contributed by atoms with Crippen molar-refractivity contribution in [2.75, 3.05) is 0 Å². The Morgan fingerprint density at radius 3 is 2.73 bits per heavy atom. The molecular weight excluding hydrogens is 305 g/mol. The average molecular weight is 312 g/mol. The van der Waals surface area contributed by atoms with Gasteiger partial charge in [-0.05, 0) is 18.2 Å². The van der Waals surface area contributed by atoms with Gasteiger partial charge < -0.3 is 9.52 Å². The largest absolute Gasteiger partial charge is 0.481 e. The van der Waals surface area contributed by atoms with Crippen LogP contribution in [0.2, 0.25) is 0 Å². The molecule has 0 aromatic carbocycles. The van der Waals surface area contributed by atoms with E-state index >= 15 is 0 Å². The standard InChI is InChI=1S/C12H7F3N4O3/c13-12(14,15)8-4-6(7-2-1-3-22-7)16-11-17-9(5-10(20)21)18-19(8)11/h1-4H,5H2,(H,20,21). The van der Waals surface area contributed by atoms with E-state index in [1.54, 1.807) is 0 Å². The normalized spacial score (nSPS) is 12.0. The van der Waals surface area contributed by atoms with Gasteiger partial charge in [0.2, 0.25) is 0 Å². The third kappa shape index (κ3) is 2.50. The Morgan fingerprint density at radius 1 is 1.36 bits per heavy atom. The highest BCUT2D eigenvalue weighted by molar-refractivity contribution is 5.69. The zero-order chi connectivity index (χ0) is 15.9. The number of aliphatic carboxylic acids is 1. The maximum Gasteiger partial charge on any atom is 0.433 e. The van der Waals surface area contributed by atoms with Gasteiger partial charge in [0, 0.05) is 0 Å². The monoisotopic (exact) mass is 312 g/mol. The topological polar surface area (TPSA) is 93.5 Å². The number of nitrogens with zero attached hydrogens (tertiary/aromatic N) is 4. The molecule has 3 aromatic heterocycles. The van der Waals surface area contributed by atoms with Crippen molar-refractivity contribution in [2.45, 2.75) is 12.6 Å². The summed E-state index contributed by atoms with van der Waals surface area (Å²) < 4.78 is 44.9. The van der Waals surface area contributed by atoms with Gasteiger partial charge in [-0.3, -0.25) is 4.79 Å². The third-order valence-electron chi connectivity index (χ3n) is 2.73. The van der Waals surface area contributed by atoms with Gasteiger partial charge in [-0.1, -0.05) is 0 Å². The van der Waals surface area contributed by atoms with Crippen LogP contribution in [-0.2, 0) is 17.4 Å². The quantitative estimate of drug-likeness (QED) is 0.795. The maximum atomic E-state index is 13.1. The lowest BCUT2D eigenvalue weighted by molar-refractivity contribution is -0.142. The zero-order valence-corrected chi connectivity index (χ0v) is 10.7. The minimum absolute atomic E-state index is 0.0703. The minimum Gasteiger partial charge on any atom is -0.481 e. The molecule has 0 spiro atoms. The summed E-state index contributed by atoms with van der Waals surface area (Å²) >= 11 is 0. The van der Waals surface area contributed by atoms with Gasteiger partial charge in [-0.15, -0.1) is 5.10 Å². The number of fused-ring (bicyclic) bond motifs is 1. The van der Waals surface area contributed by atoms with Crippen LogP contribution in [0.3, 0.4) is 0 Å². The van der Waals surface area contributed by atoms with E-state index in [4.69, 9.17) is 9.52 Å². The van der Waals surface area contributed by atoms with Gasteiger partial charge in [0.05, 0.1) is 6.26 Å². The molecule has 0 saturated carbocycles. The summed E-state index contributed by atoms with van der Waals surface area (Å²) in [4.78, 5) is 18.3. The fourth-order valence-electron chi connectivity index (χ4n) is 1.87. The molecule has 0 amide bonds. The van der Waals surface area contributed by atoms with Gasteiger partial charge in [-0.25, -0.2) is 4.98 Å². The average Bonchev–Trinajstić information content (AvgIpc) is 3.03. The molecule has 7 nitrogen and oxygen atoms in total. The summed E-state index contributed by atoms with van der Waals surface area (Å²) in [6.45, 7) is 0. The van der Waals surface area contributed by atoms with E-state index in [9.17, 15) is 18.0 Å². The summed E-state index contributed by atoms with van der Waals surface area (Å²) in [6.07, 6.45) is -4.01. The van der Waals surface area contributed by atoms with Crippen LogP contribution in [0.1, 0.15) is 11.5 Å². The Hall–Kier alpha value is -2.91. The van der Waals surface area contributed by atoms with Crippen LogP contribution in [0.4, 0.5) is 13.2 Å². The van der Waals surface area contributed by atoms with Crippen LogP contribution in [0.25, 0.3) is 17.2 Å². The van der Waals surface area contributed by atoms with Gasteiger partial charge in [-0.2, -0.15) is 22.7 Å². The number of furan rings is 1. The highest BCUT2D eigenvalue weighted by Crippen LogP contribution is 2.31. The predicted molar refractivity (Wildman–Crippen MR) is 64.8 cm³/mol. The number of carboxylic acids is 1. The van der Waals surface area contributed by atoms with E-state index in [0.717, 1.165) is 6.07 Å². The molecule has 1 N–H and O–H groups in total. The van der Waals surface area contributed by atoms with Crippen molar-refractivity contribution in [1.82, 2.24) is 19.6 Å². The van der Waals surface area contributed by atoms with Crippen LogP contribution in [0.15, 0.2) is 28.9 Å². The van der Waals surface area contributed by atoms with Crippen molar-refractivity contribution in [1.29, 1.82) is 0 Å². The number of aromatic nitrogens is 4. The molecule has 0 radical (unpaired) electrons. The Balaban J connectivity index is 2.23. The first-order chi connectivity index (χ1) is 10.3. The summed E-state index contributed by atoms with van der Waals surface area (Å²) in [7, 11) is 0. The molecule has 3 aromatic rings. The van der Waals surface area contributed by atoms with Crippen molar-refractivity contribution in [3.05, 3.63) is 36.0 Å². The molecule has 3 rings (SSSR count). The van der Waals surface area contributed by atoms with Crippen LogP contribution >= 0.6 is 0 Å². The molecule has 10 heteroatoms. The summed E-state index contributed by atoms with van der Waals surface area (Å²) in [5, 5.41) is 12.2. The second kappa shape index (κ2) is 4.83. The number of halogens is 3. The first kappa shape index (κ1) is 14.0. The van der Waals surface area contributed by atoms with Gasteiger partial charge in [0.15, 0.2) is 17.3 Å². The number of hydrogen-bond acceptors (Lipinski definition) is 5. The molecule has 114 valence electrons. The summed E-state index contributed by atoms with van der Waals surface area (Å²) in [5.74, 6) is -1.73. The fraction of sp³-hybridized carbons (Fsp3) is 0.167. The second-order valence-electron chi connectivity index (χ2n) is 4.31. The molecule has 22 heavy (non-hydrogen) atoms. The Bertz CT molecular complexity index is 839. The van der Waals surface area contributed by atoms with E-state index in [1.165, 1.54) is 18.4 Å². The summed E-state index contributed by atoms with van der Waals surface area (Å²) in [6, 6.07) is 3.73. The Kier molecular flexibility index (Phi) is 3.08. The lowest BCUT2D eigenvalue weighted by Gasteiger charge is -2.09. The minimum atomic E-state index is -4.71. The molecule has 0 aliphatic rings. The SMILES string of the molecule is O=C(O)Cc1nc2nc(-c3ccco3)cc(C(F)(F)F)n2n1. The van der Waals surface area contributed by atoms with E-state index < -0.39 is 24.3 Å². The zero-order valence-electron chi connectivity index (χ0n) is 10.7. The van der Waals surface area contributed by atoms with Crippen LogP contribution in [0.5, 0.6) is 0 Å². The van der Waals surface area contributed by atoms with E-state index in [2.05, 4.69) is 15.1 Å². The van der Waals surface area contributed by atoms with E-state index in [0.29, 0.717) is 4.52 Å². The molecule has 0 aliphatic heterocycles. The first-order valence-corrected chi connectivity index (χ1v) is 5.94. The smallest absolute Gasteiger partial charge is 0.433 e. The predicted octanol–water partition coefficient (Wildman–Crippen LogP) is 2.03. The van der Waals surface area contributed by atoms with Crippen molar-refractivity contribution < 1.29 is 27.5 Å². The number of rotatable bonds is 3. The maximum absolute atomic E-state index is 13.1. The number of alkyl halides is 3. The van der Waals surface area contributed by atoms with Gasteiger partial charge in [0.25, 0.3) is 5.78 Å². The second-order valence-corrected chi connectivity index (χ2v) is 4.31. The molecule has 0 saturated heterocycles. The molecule has 0 bridgehead atoms. The lowest BCUT2D eigenvalue weighted by Crippen LogP contribution is -2.14. The Morgan fingerprint density at radius 2 is 2.14 bits per heavy atom. The Labute approximate surface area is 120 Å². The van der Waals surface area contributed by atoms with E-state index in [-0.39, 0.29) is 23.1 Å². The molecule has 0 unspecified atom stereocenters. The first-order valence-electron chi connectivity index (χ1n) is 5.94. The van der Waals surface area contributed by atoms with Crippen molar-refractivity contribution >= 4 is 11.7 Å². The highest BCUT2D eigenvalue weighted by Gasteiger charge is 2.36. The molecular formula is C12H7F3N4O3. The van der Waals surface area contributed by atoms with Crippen LogP contribution in [0, 0.1) is 0 Å². The van der Waals surface area contributed by atoms with Crippen LogP contribution < -0.4 is 0 Å². The third-order valence-corrected chi connectivity index (χ3v) is 2.73. The highest BCUT2D eigenvalue weighted by atomic mass is 19.4. The summed E-state index contributed by atoms with van der Waals surface area (Å²) in [5.41, 5.74) is -1.19. The fourth-order valence-corrected chi connectivity index (χ4v) is 1.87. The van der Waals surface area contributed by atoms with Crippen molar-refractivity contribution in [3.63, 3.8) is 0 Å².